The summed E-state index contributed by atoms with van der Waals surface area (Å²) in [6, 6.07) is 5.70. The topological polar surface area (TPSA) is 49.3 Å². The first-order valence-corrected chi connectivity index (χ1v) is 7.47. The van der Waals surface area contributed by atoms with Crippen LogP contribution in [0.25, 0.3) is 10.7 Å². The fourth-order valence-corrected chi connectivity index (χ4v) is 2.92. The van der Waals surface area contributed by atoms with Gasteiger partial charge in [0.25, 0.3) is 5.91 Å². The van der Waals surface area contributed by atoms with Crippen molar-refractivity contribution in [2.75, 3.05) is 33.2 Å². The number of pyridine rings is 1. The quantitative estimate of drug-likeness (QED) is 0.842. The van der Waals surface area contributed by atoms with Crippen LogP contribution in [0.5, 0.6) is 0 Å². The zero-order chi connectivity index (χ0) is 13.9. The summed E-state index contributed by atoms with van der Waals surface area (Å²) < 4.78 is 0. The zero-order valence-electron chi connectivity index (χ0n) is 11.3. The number of piperazine rings is 1. The first-order chi connectivity index (χ1) is 9.74. The van der Waals surface area contributed by atoms with Crippen molar-refractivity contribution in [2.24, 2.45) is 0 Å². The standard InChI is InChI=1S/C14H16N4OS/c1-17-6-8-18(9-7-17)14(19)12-10-20-13(16-12)11-4-2-3-5-15-11/h2-5,10H,6-9H2,1H3. The van der Waals surface area contributed by atoms with Crippen LogP contribution in [0.15, 0.2) is 29.8 Å². The third-order valence-corrected chi connectivity index (χ3v) is 4.26. The van der Waals surface area contributed by atoms with Crippen LogP contribution in [0.1, 0.15) is 10.5 Å². The van der Waals surface area contributed by atoms with Crippen LogP contribution in [0.4, 0.5) is 0 Å². The Bertz CT molecular complexity index is 590. The molecular formula is C14H16N4OS. The van der Waals surface area contributed by atoms with Crippen LogP contribution in [0.3, 0.4) is 0 Å². The van der Waals surface area contributed by atoms with Crippen LogP contribution in [0, 0.1) is 0 Å². The summed E-state index contributed by atoms with van der Waals surface area (Å²) in [7, 11) is 2.07. The van der Waals surface area contributed by atoms with E-state index in [2.05, 4.69) is 21.9 Å². The van der Waals surface area contributed by atoms with Crippen molar-refractivity contribution in [3.8, 4) is 10.7 Å². The van der Waals surface area contributed by atoms with E-state index in [-0.39, 0.29) is 5.91 Å². The number of hydrogen-bond acceptors (Lipinski definition) is 5. The monoisotopic (exact) mass is 288 g/mol. The van der Waals surface area contributed by atoms with Gasteiger partial charge < -0.3 is 9.80 Å². The highest BCUT2D eigenvalue weighted by molar-refractivity contribution is 7.13. The Labute approximate surface area is 121 Å². The maximum atomic E-state index is 12.4. The molecule has 1 amide bonds. The molecule has 3 heterocycles. The smallest absolute Gasteiger partial charge is 0.273 e. The maximum absolute atomic E-state index is 12.4. The number of rotatable bonds is 2. The predicted octanol–water partition coefficient (Wildman–Crippen LogP) is 1.59. The summed E-state index contributed by atoms with van der Waals surface area (Å²) in [5, 5.41) is 2.62. The SMILES string of the molecule is CN1CCN(C(=O)c2csc(-c3ccccn3)n2)CC1. The molecule has 0 radical (unpaired) electrons. The minimum atomic E-state index is 0.0246. The number of aromatic nitrogens is 2. The summed E-state index contributed by atoms with van der Waals surface area (Å²) in [6.45, 7) is 3.38. The van der Waals surface area contributed by atoms with Gasteiger partial charge in [-0.2, -0.15) is 0 Å². The number of nitrogens with zero attached hydrogens (tertiary/aromatic N) is 4. The number of carbonyl (C=O) groups is 1. The average Bonchev–Trinajstić information content (AvgIpc) is 2.98. The highest BCUT2D eigenvalue weighted by Crippen LogP contribution is 2.22. The number of carbonyl (C=O) groups excluding carboxylic acids is 1. The Morgan fingerprint density at radius 3 is 2.75 bits per heavy atom. The van der Waals surface area contributed by atoms with E-state index < -0.39 is 0 Å². The fourth-order valence-electron chi connectivity index (χ4n) is 2.15. The van der Waals surface area contributed by atoms with E-state index in [0.717, 1.165) is 36.9 Å². The molecule has 0 atom stereocenters. The lowest BCUT2D eigenvalue weighted by Crippen LogP contribution is -2.47. The fraction of sp³-hybridized carbons (Fsp3) is 0.357. The molecule has 2 aromatic rings. The molecule has 6 heteroatoms. The summed E-state index contributed by atoms with van der Waals surface area (Å²) >= 11 is 1.46. The third-order valence-electron chi connectivity index (χ3n) is 3.40. The largest absolute Gasteiger partial charge is 0.335 e. The maximum Gasteiger partial charge on any atom is 0.273 e. The van der Waals surface area contributed by atoms with Gasteiger partial charge in [-0.05, 0) is 19.2 Å². The second-order valence-corrected chi connectivity index (χ2v) is 5.71. The molecule has 5 nitrogen and oxygen atoms in total. The Morgan fingerprint density at radius 2 is 2.05 bits per heavy atom. The minimum absolute atomic E-state index is 0.0246. The lowest BCUT2D eigenvalue weighted by Gasteiger charge is -2.31. The van der Waals surface area contributed by atoms with Crippen LogP contribution in [-0.2, 0) is 0 Å². The van der Waals surface area contributed by atoms with Crippen molar-refractivity contribution in [3.63, 3.8) is 0 Å². The summed E-state index contributed by atoms with van der Waals surface area (Å²) in [5.74, 6) is 0.0246. The van der Waals surface area contributed by atoms with Gasteiger partial charge in [0, 0.05) is 37.8 Å². The number of hydrogen-bond donors (Lipinski definition) is 0. The molecule has 1 aliphatic rings. The Morgan fingerprint density at radius 1 is 1.25 bits per heavy atom. The highest BCUT2D eigenvalue weighted by Gasteiger charge is 2.22. The van der Waals surface area contributed by atoms with Crippen molar-refractivity contribution in [1.29, 1.82) is 0 Å². The lowest BCUT2D eigenvalue weighted by atomic mass is 10.3. The molecule has 3 rings (SSSR count). The molecule has 1 saturated heterocycles. The molecule has 1 aliphatic heterocycles. The number of likely N-dealkylation sites (N-methyl/N-ethyl adjacent to an activating group) is 1. The molecule has 1 fully saturated rings. The van der Waals surface area contributed by atoms with Gasteiger partial charge >= 0.3 is 0 Å². The molecule has 0 spiro atoms. The summed E-state index contributed by atoms with van der Waals surface area (Å²) in [6.07, 6.45) is 1.73. The second-order valence-electron chi connectivity index (χ2n) is 4.85. The predicted molar refractivity (Wildman–Crippen MR) is 78.7 cm³/mol. The first-order valence-electron chi connectivity index (χ1n) is 6.59. The zero-order valence-corrected chi connectivity index (χ0v) is 12.1. The third kappa shape index (κ3) is 2.71. The van der Waals surface area contributed by atoms with Crippen LogP contribution >= 0.6 is 11.3 Å². The molecule has 2 aromatic heterocycles. The molecule has 104 valence electrons. The molecule has 0 N–H and O–H groups in total. The molecule has 0 bridgehead atoms. The van der Waals surface area contributed by atoms with E-state index in [9.17, 15) is 4.79 Å². The van der Waals surface area contributed by atoms with Gasteiger partial charge in [0.15, 0.2) is 0 Å². The Kier molecular flexibility index (Phi) is 3.75. The molecular weight excluding hydrogens is 272 g/mol. The van der Waals surface area contributed by atoms with Gasteiger partial charge in [-0.25, -0.2) is 4.98 Å². The van der Waals surface area contributed by atoms with E-state index in [1.54, 1.807) is 6.20 Å². The van der Waals surface area contributed by atoms with Crippen molar-refractivity contribution < 1.29 is 4.79 Å². The normalized spacial score (nSPS) is 16.4. The molecule has 0 unspecified atom stereocenters. The van der Waals surface area contributed by atoms with E-state index >= 15 is 0 Å². The van der Waals surface area contributed by atoms with Crippen molar-refractivity contribution in [2.45, 2.75) is 0 Å². The summed E-state index contributed by atoms with van der Waals surface area (Å²) in [4.78, 5) is 25.2. The van der Waals surface area contributed by atoms with Gasteiger partial charge in [-0.15, -0.1) is 11.3 Å². The number of amides is 1. The number of thiazole rings is 1. The highest BCUT2D eigenvalue weighted by atomic mass is 32.1. The molecule has 0 aromatic carbocycles. The van der Waals surface area contributed by atoms with Crippen molar-refractivity contribution in [1.82, 2.24) is 19.8 Å². The minimum Gasteiger partial charge on any atom is -0.335 e. The van der Waals surface area contributed by atoms with E-state index in [1.165, 1.54) is 11.3 Å². The first kappa shape index (κ1) is 13.2. The van der Waals surface area contributed by atoms with E-state index in [0.29, 0.717) is 5.69 Å². The van der Waals surface area contributed by atoms with Crippen LogP contribution in [-0.4, -0.2) is 58.9 Å². The van der Waals surface area contributed by atoms with E-state index in [1.807, 2.05) is 28.5 Å². The molecule has 0 saturated carbocycles. The average molecular weight is 288 g/mol. The van der Waals surface area contributed by atoms with Crippen molar-refractivity contribution in [3.05, 3.63) is 35.5 Å². The van der Waals surface area contributed by atoms with Gasteiger partial charge in [-0.1, -0.05) is 6.07 Å². The van der Waals surface area contributed by atoms with Gasteiger partial charge in [-0.3, -0.25) is 9.78 Å². The van der Waals surface area contributed by atoms with Crippen LogP contribution < -0.4 is 0 Å². The van der Waals surface area contributed by atoms with Crippen LogP contribution in [0.2, 0.25) is 0 Å². The molecule has 20 heavy (non-hydrogen) atoms. The lowest BCUT2D eigenvalue weighted by molar-refractivity contribution is 0.0659. The van der Waals surface area contributed by atoms with Gasteiger partial charge in [0.2, 0.25) is 0 Å². The second kappa shape index (κ2) is 5.68. The Hall–Kier alpha value is -1.79. The van der Waals surface area contributed by atoms with Crippen molar-refractivity contribution >= 4 is 17.2 Å². The Balaban J connectivity index is 1.75. The summed E-state index contributed by atoms with van der Waals surface area (Å²) in [5.41, 5.74) is 1.34. The van der Waals surface area contributed by atoms with Gasteiger partial charge in [0.05, 0.1) is 5.69 Å². The van der Waals surface area contributed by atoms with Gasteiger partial charge in [0.1, 0.15) is 10.7 Å². The van der Waals surface area contributed by atoms with E-state index in [4.69, 9.17) is 0 Å². The molecule has 0 aliphatic carbocycles.